The highest BCUT2D eigenvalue weighted by molar-refractivity contribution is 5.90. The van der Waals surface area contributed by atoms with Gasteiger partial charge in [-0.25, -0.2) is 4.79 Å². The maximum absolute atomic E-state index is 11.9. The van der Waals surface area contributed by atoms with Crippen LogP contribution in [0.25, 0.3) is 0 Å². The second kappa shape index (κ2) is 8.93. The van der Waals surface area contributed by atoms with Crippen LogP contribution in [0.5, 0.6) is 5.75 Å². The van der Waals surface area contributed by atoms with Gasteiger partial charge in [-0.2, -0.15) is 0 Å². The van der Waals surface area contributed by atoms with Crippen LogP contribution in [0, 0.1) is 6.92 Å². The Bertz CT molecular complexity index is 657. The van der Waals surface area contributed by atoms with Crippen molar-refractivity contribution in [2.24, 2.45) is 0 Å². The van der Waals surface area contributed by atoms with Crippen molar-refractivity contribution in [3.05, 3.63) is 59.7 Å². The summed E-state index contributed by atoms with van der Waals surface area (Å²) in [7, 11) is 0. The predicted molar refractivity (Wildman–Crippen MR) is 95.3 cm³/mol. The van der Waals surface area contributed by atoms with Gasteiger partial charge in [-0.05, 0) is 43.5 Å². The number of nitrogens with one attached hydrogen (secondary N) is 2. The molecule has 0 saturated heterocycles. The largest absolute Gasteiger partial charge is 0.487 e. The Morgan fingerprint density at radius 3 is 2.67 bits per heavy atom. The van der Waals surface area contributed by atoms with E-state index >= 15 is 0 Å². The molecule has 0 fully saturated rings. The number of aliphatic hydroxyl groups is 1. The summed E-state index contributed by atoms with van der Waals surface area (Å²) in [5, 5.41) is 14.7. The van der Waals surface area contributed by atoms with Crippen LogP contribution in [0.15, 0.2) is 48.5 Å². The van der Waals surface area contributed by atoms with Crippen molar-refractivity contribution in [1.29, 1.82) is 0 Å². The minimum atomic E-state index is -0.436. The summed E-state index contributed by atoms with van der Waals surface area (Å²) in [5.41, 5.74) is 2.73. The van der Waals surface area contributed by atoms with Crippen LogP contribution in [0.1, 0.15) is 24.5 Å². The molecule has 0 radical (unpaired) electrons. The van der Waals surface area contributed by atoms with Crippen LogP contribution in [-0.2, 0) is 6.61 Å². The first-order valence-electron chi connectivity index (χ1n) is 8.05. The summed E-state index contributed by atoms with van der Waals surface area (Å²) in [5.74, 6) is 0.629. The van der Waals surface area contributed by atoms with Gasteiger partial charge in [-0.15, -0.1) is 0 Å². The molecule has 1 atom stereocenters. The molecule has 2 aromatic carbocycles. The van der Waals surface area contributed by atoms with Crippen LogP contribution in [0.3, 0.4) is 0 Å². The lowest BCUT2D eigenvalue weighted by molar-refractivity contribution is 0.184. The fourth-order valence-electron chi connectivity index (χ4n) is 2.15. The lowest BCUT2D eigenvalue weighted by atomic mass is 10.2. The van der Waals surface area contributed by atoms with E-state index in [0.717, 1.165) is 11.1 Å². The number of carbonyl (C=O) groups excluding carboxylic acids is 1. The highest BCUT2D eigenvalue weighted by atomic mass is 16.5. The molecular weight excluding hydrogens is 304 g/mol. The van der Waals surface area contributed by atoms with Crippen molar-refractivity contribution < 1.29 is 14.6 Å². The zero-order valence-corrected chi connectivity index (χ0v) is 14.1. The summed E-state index contributed by atoms with van der Waals surface area (Å²) in [6.07, 6.45) is 0.0769. The Hall–Kier alpha value is -2.53. The van der Waals surface area contributed by atoms with Gasteiger partial charge in [0.05, 0.1) is 11.8 Å². The number of ether oxygens (including phenoxy) is 1. The Labute approximate surface area is 142 Å². The van der Waals surface area contributed by atoms with Crippen molar-refractivity contribution in [3.8, 4) is 5.75 Å². The molecule has 0 aromatic heterocycles. The van der Waals surface area contributed by atoms with Crippen molar-refractivity contribution in [2.75, 3.05) is 11.9 Å². The molecule has 2 aromatic rings. The van der Waals surface area contributed by atoms with E-state index in [1.54, 1.807) is 6.92 Å². The fourth-order valence-corrected chi connectivity index (χ4v) is 2.15. The summed E-state index contributed by atoms with van der Waals surface area (Å²) in [6, 6.07) is 15.2. The van der Waals surface area contributed by atoms with E-state index in [1.165, 1.54) is 0 Å². The van der Waals surface area contributed by atoms with Crippen molar-refractivity contribution >= 4 is 11.7 Å². The number of urea groups is 1. The normalized spacial score (nSPS) is 11.6. The molecule has 3 N–H and O–H groups in total. The number of hydrogen-bond acceptors (Lipinski definition) is 3. The number of benzene rings is 2. The van der Waals surface area contributed by atoms with Gasteiger partial charge >= 0.3 is 6.03 Å². The second-order valence-electron chi connectivity index (χ2n) is 5.79. The zero-order chi connectivity index (χ0) is 17.4. The quantitative estimate of drug-likeness (QED) is 0.729. The predicted octanol–water partition coefficient (Wildman–Crippen LogP) is 3.47. The molecule has 0 heterocycles. The topological polar surface area (TPSA) is 70.6 Å². The number of aliphatic hydroxyl groups excluding tert-OH is 1. The molecule has 0 saturated carbocycles. The summed E-state index contributed by atoms with van der Waals surface area (Å²) in [6.45, 7) is 4.51. The molecule has 0 aliphatic heterocycles. The molecule has 128 valence electrons. The smallest absolute Gasteiger partial charge is 0.319 e. The molecule has 5 heteroatoms. The second-order valence-corrected chi connectivity index (χ2v) is 5.79. The van der Waals surface area contributed by atoms with Crippen LogP contribution in [0.4, 0.5) is 10.5 Å². The number of amides is 2. The molecule has 0 bridgehead atoms. The van der Waals surface area contributed by atoms with E-state index in [9.17, 15) is 9.90 Å². The SMILES string of the molecule is Cc1ccc(NC(=O)NCCC(C)O)c(OCc2ccccc2)c1. The van der Waals surface area contributed by atoms with Gasteiger partial charge in [0.1, 0.15) is 12.4 Å². The Morgan fingerprint density at radius 1 is 1.21 bits per heavy atom. The number of rotatable bonds is 7. The highest BCUT2D eigenvalue weighted by Gasteiger charge is 2.09. The average Bonchev–Trinajstić information content (AvgIpc) is 2.55. The molecule has 1 unspecified atom stereocenters. The minimum Gasteiger partial charge on any atom is -0.487 e. The van der Waals surface area contributed by atoms with E-state index in [1.807, 2.05) is 55.5 Å². The molecule has 5 nitrogen and oxygen atoms in total. The molecule has 0 spiro atoms. The van der Waals surface area contributed by atoms with Crippen LogP contribution >= 0.6 is 0 Å². The van der Waals surface area contributed by atoms with Gasteiger partial charge in [-0.1, -0.05) is 36.4 Å². The molecule has 0 aliphatic rings. The summed E-state index contributed by atoms with van der Waals surface area (Å²) >= 11 is 0. The number of aryl methyl sites for hydroxylation is 1. The Balaban J connectivity index is 1.97. The van der Waals surface area contributed by atoms with Crippen LogP contribution in [0.2, 0.25) is 0 Å². The standard InChI is InChI=1S/C19H24N2O3/c1-14-8-9-17(21-19(23)20-11-10-15(2)22)18(12-14)24-13-16-6-4-3-5-7-16/h3-9,12,15,22H,10-11,13H2,1-2H3,(H2,20,21,23). The Kier molecular flexibility index (Phi) is 6.63. The summed E-state index contributed by atoms with van der Waals surface area (Å²) < 4.78 is 5.87. The first-order chi connectivity index (χ1) is 11.5. The third-order valence-electron chi connectivity index (χ3n) is 3.47. The van der Waals surface area contributed by atoms with Crippen LogP contribution < -0.4 is 15.4 Å². The van der Waals surface area contributed by atoms with Crippen molar-refractivity contribution in [3.63, 3.8) is 0 Å². The lowest BCUT2D eigenvalue weighted by Crippen LogP contribution is -2.31. The fraction of sp³-hybridized carbons (Fsp3) is 0.316. The van der Waals surface area contributed by atoms with E-state index in [4.69, 9.17) is 4.74 Å². The zero-order valence-electron chi connectivity index (χ0n) is 14.1. The van der Waals surface area contributed by atoms with E-state index in [0.29, 0.717) is 31.0 Å². The highest BCUT2D eigenvalue weighted by Crippen LogP contribution is 2.26. The molecule has 2 amide bonds. The van der Waals surface area contributed by atoms with Crippen molar-refractivity contribution in [2.45, 2.75) is 33.0 Å². The van der Waals surface area contributed by atoms with Gasteiger partial charge in [0.25, 0.3) is 0 Å². The number of carbonyl (C=O) groups is 1. The minimum absolute atomic E-state index is 0.316. The Morgan fingerprint density at radius 2 is 1.96 bits per heavy atom. The monoisotopic (exact) mass is 328 g/mol. The van der Waals surface area contributed by atoms with Crippen LogP contribution in [-0.4, -0.2) is 23.8 Å². The molecule has 2 rings (SSSR count). The third kappa shape index (κ3) is 5.93. The van der Waals surface area contributed by atoms with E-state index in [-0.39, 0.29) is 6.03 Å². The maximum atomic E-state index is 11.9. The summed E-state index contributed by atoms with van der Waals surface area (Å²) in [4.78, 5) is 11.9. The first kappa shape index (κ1) is 17.8. The lowest BCUT2D eigenvalue weighted by Gasteiger charge is -2.14. The number of hydrogen-bond donors (Lipinski definition) is 3. The first-order valence-corrected chi connectivity index (χ1v) is 8.05. The van der Waals surface area contributed by atoms with Gasteiger partial charge in [0.15, 0.2) is 0 Å². The molecular formula is C19H24N2O3. The molecule has 24 heavy (non-hydrogen) atoms. The van der Waals surface area contributed by atoms with E-state index in [2.05, 4.69) is 10.6 Å². The van der Waals surface area contributed by atoms with Gasteiger partial charge in [0.2, 0.25) is 0 Å². The molecule has 0 aliphatic carbocycles. The van der Waals surface area contributed by atoms with E-state index < -0.39 is 6.10 Å². The number of anilines is 1. The third-order valence-corrected chi connectivity index (χ3v) is 3.47. The van der Waals surface area contributed by atoms with Gasteiger partial charge < -0.3 is 20.5 Å². The van der Waals surface area contributed by atoms with Gasteiger partial charge in [-0.3, -0.25) is 0 Å². The van der Waals surface area contributed by atoms with Crippen molar-refractivity contribution in [1.82, 2.24) is 5.32 Å². The average molecular weight is 328 g/mol. The van der Waals surface area contributed by atoms with Gasteiger partial charge in [0, 0.05) is 6.54 Å². The maximum Gasteiger partial charge on any atom is 0.319 e.